The van der Waals surface area contributed by atoms with Crippen LogP contribution in [0.3, 0.4) is 0 Å². The van der Waals surface area contributed by atoms with E-state index >= 15 is 0 Å². The van der Waals surface area contributed by atoms with E-state index in [1.54, 1.807) is 0 Å². The van der Waals surface area contributed by atoms with E-state index in [9.17, 15) is 0 Å². The van der Waals surface area contributed by atoms with Gasteiger partial charge in [0, 0.05) is 58.5 Å². The summed E-state index contributed by atoms with van der Waals surface area (Å²) in [5.74, 6) is 0. The van der Waals surface area contributed by atoms with Crippen LogP contribution < -0.4 is 10.6 Å². The van der Waals surface area contributed by atoms with Crippen LogP contribution in [0, 0.1) is 0 Å². The molecule has 3 aliphatic heterocycles. The van der Waals surface area contributed by atoms with Gasteiger partial charge in [0.25, 0.3) is 0 Å². The quantitative estimate of drug-likeness (QED) is 0.440. The predicted molar refractivity (Wildman–Crippen MR) is 159 cm³/mol. The van der Waals surface area contributed by atoms with Gasteiger partial charge in [-0.25, -0.2) is 0 Å². The molecular weight excluding hydrogens is 498 g/mol. The van der Waals surface area contributed by atoms with Crippen molar-refractivity contribution in [2.24, 2.45) is 0 Å². The van der Waals surface area contributed by atoms with Gasteiger partial charge in [-0.15, -0.1) is 0 Å². The molecule has 3 rings (SSSR count). The third-order valence-electron chi connectivity index (χ3n) is 6.03. The van der Waals surface area contributed by atoms with Gasteiger partial charge in [0.15, 0.2) is 0 Å². The minimum absolute atomic E-state index is 0.00765. The molecule has 0 saturated carbocycles. The highest BCUT2D eigenvalue weighted by Gasteiger charge is 2.17. The Balaban J connectivity index is 0.000000292. The summed E-state index contributed by atoms with van der Waals surface area (Å²) in [4.78, 5) is 2.38. The summed E-state index contributed by atoms with van der Waals surface area (Å²) >= 11 is 0. The van der Waals surface area contributed by atoms with Crippen LogP contribution >= 0.6 is 0 Å². The molecule has 2 N–H and O–H groups in total. The standard InChI is InChI=1S/3C10H21NO2/c1-10(2,3)13-9-6-11-4-7-12-8-5-11;1-10(2,3)13-6-4-9-8-12-7-5-11-9;1-10(2,3)13-6-4-9-8-11-5-7-12-9/h4-9H2,1-3H3;2*9,11H,4-8H2,1-3H3. The summed E-state index contributed by atoms with van der Waals surface area (Å²) in [6.45, 7) is 31.5. The van der Waals surface area contributed by atoms with Crippen LogP contribution in [-0.2, 0) is 28.4 Å². The summed E-state index contributed by atoms with van der Waals surface area (Å²) in [6, 6.07) is 0.482. The number of nitrogens with one attached hydrogen (secondary N) is 2. The van der Waals surface area contributed by atoms with Crippen molar-refractivity contribution in [1.82, 2.24) is 15.5 Å². The lowest BCUT2D eigenvalue weighted by Crippen LogP contribution is -2.42. The van der Waals surface area contributed by atoms with Crippen LogP contribution in [-0.4, -0.2) is 126 Å². The first-order valence-electron chi connectivity index (χ1n) is 15.1. The average Bonchev–Trinajstić information content (AvgIpc) is 2.85. The van der Waals surface area contributed by atoms with E-state index in [0.29, 0.717) is 12.1 Å². The number of ether oxygens (including phenoxy) is 6. The summed E-state index contributed by atoms with van der Waals surface area (Å²) in [7, 11) is 0. The molecule has 2 unspecified atom stereocenters. The summed E-state index contributed by atoms with van der Waals surface area (Å²) < 4.78 is 33.1. The van der Waals surface area contributed by atoms with Crippen LogP contribution in [0.1, 0.15) is 75.2 Å². The Kier molecular flexibility index (Phi) is 18.5. The zero-order valence-electron chi connectivity index (χ0n) is 26.9. The maximum absolute atomic E-state index is 5.65. The van der Waals surface area contributed by atoms with E-state index < -0.39 is 0 Å². The molecule has 9 nitrogen and oxygen atoms in total. The second-order valence-corrected chi connectivity index (χ2v) is 13.3. The molecule has 0 radical (unpaired) electrons. The Morgan fingerprint density at radius 2 is 1.28 bits per heavy atom. The van der Waals surface area contributed by atoms with Crippen molar-refractivity contribution in [3.05, 3.63) is 0 Å². The zero-order valence-corrected chi connectivity index (χ0v) is 26.9. The Morgan fingerprint density at radius 3 is 1.79 bits per heavy atom. The molecule has 0 aliphatic carbocycles. The van der Waals surface area contributed by atoms with Gasteiger partial charge in [0.1, 0.15) is 0 Å². The van der Waals surface area contributed by atoms with Crippen LogP contribution in [0.4, 0.5) is 0 Å². The summed E-state index contributed by atoms with van der Waals surface area (Å²) in [5, 5.41) is 6.70. The minimum atomic E-state index is -0.0257. The third kappa shape index (κ3) is 24.0. The van der Waals surface area contributed by atoms with Gasteiger partial charge in [0.05, 0.1) is 62.5 Å². The summed E-state index contributed by atoms with van der Waals surface area (Å²) in [5.41, 5.74) is -0.0517. The molecule has 3 saturated heterocycles. The lowest BCUT2D eigenvalue weighted by molar-refractivity contribution is -0.0391. The maximum atomic E-state index is 5.65. The third-order valence-corrected chi connectivity index (χ3v) is 6.03. The lowest BCUT2D eigenvalue weighted by Gasteiger charge is -2.28. The first kappa shape index (κ1) is 36.7. The highest BCUT2D eigenvalue weighted by atomic mass is 16.5. The highest BCUT2D eigenvalue weighted by Crippen LogP contribution is 2.10. The van der Waals surface area contributed by atoms with Gasteiger partial charge in [-0.3, -0.25) is 4.90 Å². The fraction of sp³-hybridized carbons (Fsp3) is 1.00. The number of hydrogen-bond donors (Lipinski definition) is 2. The Morgan fingerprint density at radius 1 is 0.692 bits per heavy atom. The van der Waals surface area contributed by atoms with Crippen LogP contribution in [0.25, 0.3) is 0 Å². The van der Waals surface area contributed by atoms with Gasteiger partial charge in [0.2, 0.25) is 0 Å². The van der Waals surface area contributed by atoms with Crippen molar-refractivity contribution in [1.29, 1.82) is 0 Å². The van der Waals surface area contributed by atoms with Crippen molar-refractivity contribution >= 4 is 0 Å². The van der Waals surface area contributed by atoms with Crippen LogP contribution in [0.15, 0.2) is 0 Å². The van der Waals surface area contributed by atoms with Crippen molar-refractivity contribution < 1.29 is 28.4 Å². The van der Waals surface area contributed by atoms with E-state index in [4.69, 9.17) is 28.4 Å². The molecule has 3 heterocycles. The first-order chi connectivity index (χ1) is 18.2. The SMILES string of the molecule is CC(C)(C)OCCC1CNCCO1.CC(C)(C)OCCC1COCCN1.CC(C)(C)OCCN1CCOCC1. The fourth-order valence-electron chi connectivity index (χ4n) is 3.92. The highest BCUT2D eigenvalue weighted by molar-refractivity contribution is 4.71. The predicted octanol–water partition coefficient (Wildman–Crippen LogP) is 3.49. The van der Waals surface area contributed by atoms with Gasteiger partial charge in [-0.05, 0) is 75.2 Å². The van der Waals surface area contributed by atoms with E-state index in [2.05, 4.69) is 77.8 Å². The Bertz CT molecular complexity index is 490. The van der Waals surface area contributed by atoms with Crippen LogP contribution in [0.2, 0.25) is 0 Å². The fourth-order valence-corrected chi connectivity index (χ4v) is 3.92. The smallest absolute Gasteiger partial charge is 0.0722 e. The Labute approximate surface area is 240 Å². The van der Waals surface area contributed by atoms with E-state index in [1.165, 1.54) is 0 Å². The van der Waals surface area contributed by atoms with Crippen molar-refractivity contribution in [2.45, 2.75) is 104 Å². The molecule has 0 aromatic carbocycles. The number of morpholine rings is 3. The van der Waals surface area contributed by atoms with Gasteiger partial charge in [-0.1, -0.05) is 0 Å². The molecule has 3 fully saturated rings. The molecule has 234 valence electrons. The maximum Gasteiger partial charge on any atom is 0.0722 e. The monoisotopic (exact) mass is 561 g/mol. The van der Waals surface area contributed by atoms with Crippen molar-refractivity contribution in [3.8, 4) is 0 Å². The molecule has 0 amide bonds. The average molecular weight is 562 g/mol. The molecule has 3 aliphatic rings. The first-order valence-corrected chi connectivity index (χ1v) is 15.1. The normalized spacial score (nSPS) is 23.3. The topological polar surface area (TPSA) is 82.7 Å². The largest absolute Gasteiger partial charge is 0.379 e. The molecule has 2 atom stereocenters. The number of rotatable bonds is 9. The van der Waals surface area contributed by atoms with Crippen LogP contribution in [0.5, 0.6) is 0 Å². The van der Waals surface area contributed by atoms with Crippen molar-refractivity contribution in [3.63, 3.8) is 0 Å². The number of hydrogen-bond acceptors (Lipinski definition) is 9. The van der Waals surface area contributed by atoms with Gasteiger partial charge < -0.3 is 39.1 Å². The lowest BCUT2D eigenvalue weighted by atomic mass is 10.2. The molecule has 0 aromatic heterocycles. The molecule has 0 aromatic rings. The zero-order chi connectivity index (χ0) is 29.2. The Hall–Kier alpha value is -0.360. The van der Waals surface area contributed by atoms with Crippen molar-refractivity contribution in [2.75, 3.05) is 92.1 Å². The van der Waals surface area contributed by atoms with E-state index in [0.717, 1.165) is 105 Å². The van der Waals surface area contributed by atoms with Gasteiger partial charge >= 0.3 is 0 Å². The van der Waals surface area contributed by atoms with E-state index in [-0.39, 0.29) is 16.8 Å². The second kappa shape index (κ2) is 19.7. The molecular formula is C30H63N3O6. The minimum Gasteiger partial charge on any atom is -0.379 e. The summed E-state index contributed by atoms with van der Waals surface area (Å²) in [6.07, 6.45) is 2.37. The molecule has 9 heteroatoms. The molecule has 0 spiro atoms. The van der Waals surface area contributed by atoms with E-state index in [1.807, 2.05) is 0 Å². The van der Waals surface area contributed by atoms with Gasteiger partial charge in [-0.2, -0.15) is 0 Å². The second-order valence-electron chi connectivity index (χ2n) is 13.3. The molecule has 0 bridgehead atoms. The number of nitrogens with zero attached hydrogens (tertiary/aromatic N) is 1. The molecule has 39 heavy (non-hydrogen) atoms.